The van der Waals surface area contributed by atoms with Gasteiger partial charge < -0.3 is 60.2 Å². The number of nitrogens with two attached hydrogens (primary N) is 1. The van der Waals surface area contributed by atoms with Crippen molar-refractivity contribution in [2.45, 2.75) is 45.2 Å². The van der Waals surface area contributed by atoms with E-state index in [1.165, 1.54) is 20.0 Å². The maximum Gasteiger partial charge on any atom is 0.312 e. The third-order valence-electron chi connectivity index (χ3n) is 7.07. The van der Waals surface area contributed by atoms with Gasteiger partial charge in [-0.25, -0.2) is 4.79 Å². The molecular formula is C32H55BN6O13. The number of carbonyl (C=O) groups is 7. The van der Waals surface area contributed by atoms with Gasteiger partial charge in [0.05, 0.1) is 92.4 Å². The predicted octanol–water partition coefficient (Wildman–Crippen LogP) is -3.25. The molecule has 1 unspecified atom stereocenters. The zero-order chi connectivity index (χ0) is 38.6. The quantitative estimate of drug-likeness (QED) is 0.0258. The van der Waals surface area contributed by atoms with E-state index in [4.69, 9.17) is 34.2 Å². The largest absolute Gasteiger partial charge is 0.379 e. The Hall–Kier alpha value is -3.95. The number of hydrogen-bond donors (Lipinski definition) is 5. The second-order valence-corrected chi connectivity index (χ2v) is 11.8. The van der Waals surface area contributed by atoms with Crippen LogP contribution in [0.2, 0.25) is 0 Å². The topological polar surface area (TPSA) is 252 Å². The van der Waals surface area contributed by atoms with E-state index in [9.17, 15) is 33.6 Å². The van der Waals surface area contributed by atoms with Crippen LogP contribution < -0.4 is 27.0 Å². The van der Waals surface area contributed by atoms with Crippen molar-refractivity contribution in [1.82, 2.24) is 26.2 Å². The Morgan fingerprint density at radius 1 is 0.712 bits per heavy atom. The molecule has 0 aromatic rings. The summed E-state index contributed by atoms with van der Waals surface area (Å²) in [5, 5.41) is 10.2. The summed E-state index contributed by atoms with van der Waals surface area (Å²) < 4.78 is 32.5. The summed E-state index contributed by atoms with van der Waals surface area (Å²) in [6, 6.07) is -2.63. The standard InChI is InChI=1S/C32H55BN6O13/c1-23(2)29(31(45)37-24(4-3-8-35-32(34)46)30(44)36-22-25(33)40)38-26(41)7-10-47-12-14-49-16-18-51-20-21-52-19-17-50-15-13-48-11-9-39-27(42)5-6-28(39)43/h5-6,23-24,29H,3-4,7-22,33H2,1-2H3,(H,36,44)(H,37,45)(H,38,41)(H3,34,35,46)/t24-,29?/m0/s1. The number of hydrogen-bond acceptors (Lipinski definition) is 13. The van der Waals surface area contributed by atoms with Crippen LogP contribution in [0.25, 0.3) is 0 Å². The third-order valence-corrected chi connectivity index (χ3v) is 7.07. The molecule has 1 rings (SSSR count). The van der Waals surface area contributed by atoms with E-state index in [-0.39, 0.29) is 75.7 Å². The Balaban J connectivity index is 2.08. The molecule has 1 aliphatic heterocycles. The molecule has 0 aromatic heterocycles. The Morgan fingerprint density at radius 2 is 1.19 bits per heavy atom. The number of urea groups is 1. The monoisotopic (exact) mass is 742 g/mol. The van der Waals surface area contributed by atoms with Gasteiger partial charge in [-0.2, -0.15) is 0 Å². The van der Waals surface area contributed by atoms with Crippen LogP contribution in [0.3, 0.4) is 0 Å². The average molecular weight is 743 g/mol. The highest BCUT2D eigenvalue weighted by Crippen LogP contribution is 2.06. The van der Waals surface area contributed by atoms with E-state index in [2.05, 4.69) is 21.3 Å². The van der Waals surface area contributed by atoms with Crippen LogP contribution >= 0.6 is 0 Å². The number of ether oxygens (including phenoxy) is 6. The molecule has 1 aliphatic rings. The molecule has 52 heavy (non-hydrogen) atoms. The first-order chi connectivity index (χ1) is 24.9. The van der Waals surface area contributed by atoms with Crippen LogP contribution in [0.4, 0.5) is 4.79 Å². The molecule has 0 saturated heterocycles. The fourth-order valence-corrected chi connectivity index (χ4v) is 4.34. The van der Waals surface area contributed by atoms with Gasteiger partial charge in [-0.3, -0.25) is 28.9 Å². The molecule has 294 valence electrons. The van der Waals surface area contributed by atoms with Gasteiger partial charge in [0.15, 0.2) is 7.85 Å². The molecule has 0 spiro atoms. The minimum atomic E-state index is -0.995. The zero-order valence-corrected chi connectivity index (χ0v) is 30.4. The number of amides is 7. The van der Waals surface area contributed by atoms with Gasteiger partial charge in [-0.05, 0) is 18.8 Å². The number of carbonyl (C=O) groups excluding carboxylic acids is 7. The number of nitrogens with one attached hydrogen (secondary N) is 4. The summed E-state index contributed by atoms with van der Waals surface area (Å²) in [7, 11) is 1.32. The van der Waals surface area contributed by atoms with E-state index < -0.39 is 35.8 Å². The van der Waals surface area contributed by atoms with E-state index in [0.717, 1.165) is 4.90 Å². The molecule has 0 saturated carbocycles. The van der Waals surface area contributed by atoms with Gasteiger partial charge in [0, 0.05) is 25.1 Å². The van der Waals surface area contributed by atoms with E-state index in [1.54, 1.807) is 13.8 Å². The lowest BCUT2D eigenvalue weighted by atomic mass is 10.0. The van der Waals surface area contributed by atoms with Gasteiger partial charge in [-0.1, -0.05) is 13.8 Å². The lowest BCUT2D eigenvalue weighted by Crippen LogP contribution is -2.55. The molecule has 2 atom stereocenters. The second kappa shape index (κ2) is 28.6. The van der Waals surface area contributed by atoms with Gasteiger partial charge >= 0.3 is 6.03 Å². The van der Waals surface area contributed by atoms with Gasteiger partial charge in [0.1, 0.15) is 17.8 Å². The van der Waals surface area contributed by atoms with E-state index in [0.29, 0.717) is 65.9 Å². The summed E-state index contributed by atoms with van der Waals surface area (Å²) in [5.41, 5.74) is 4.80. The van der Waals surface area contributed by atoms with Crippen molar-refractivity contribution in [3.63, 3.8) is 0 Å². The van der Waals surface area contributed by atoms with Crippen molar-refractivity contribution in [3.05, 3.63) is 12.2 Å². The summed E-state index contributed by atoms with van der Waals surface area (Å²) >= 11 is 0. The molecule has 0 aromatic carbocycles. The van der Waals surface area contributed by atoms with Crippen molar-refractivity contribution in [3.8, 4) is 0 Å². The van der Waals surface area contributed by atoms with Gasteiger partial charge in [0.2, 0.25) is 17.7 Å². The van der Waals surface area contributed by atoms with Gasteiger partial charge in [0.25, 0.3) is 11.8 Å². The van der Waals surface area contributed by atoms with E-state index >= 15 is 0 Å². The average Bonchev–Trinajstić information content (AvgIpc) is 3.41. The number of primary amides is 1. The normalized spacial score (nSPS) is 13.6. The van der Waals surface area contributed by atoms with Crippen LogP contribution in [0, 0.1) is 5.92 Å². The van der Waals surface area contributed by atoms with Crippen LogP contribution in [0.1, 0.15) is 33.1 Å². The summed E-state index contributed by atoms with van der Waals surface area (Å²) in [6.07, 6.45) is 2.96. The Morgan fingerprint density at radius 3 is 1.65 bits per heavy atom. The van der Waals surface area contributed by atoms with Crippen LogP contribution in [-0.4, -0.2) is 165 Å². The Labute approximate surface area is 305 Å². The van der Waals surface area contributed by atoms with Crippen molar-refractivity contribution in [2.75, 3.05) is 98.9 Å². The van der Waals surface area contributed by atoms with E-state index in [1.807, 2.05) is 0 Å². The second-order valence-electron chi connectivity index (χ2n) is 11.8. The minimum absolute atomic E-state index is 0.00301. The SMILES string of the molecule is BC(=O)CNC(=O)[C@H](CCCNC(N)=O)NC(=O)C(NC(=O)CCOCCOCCOCCOCCOCCOCCN1C(=O)C=CC1=O)C(C)C. The number of rotatable bonds is 32. The molecule has 7 amide bonds. The fraction of sp³-hybridized carbons (Fsp3) is 0.719. The van der Waals surface area contributed by atoms with Crippen molar-refractivity contribution in [2.24, 2.45) is 11.7 Å². The highest BCUT2D eigenvalue weighted by atomic mass is 16.6. The van der Waals surface area contributed by atoms with Crippen molar-refractivity contribution in [1.29, 1.82) is 0 Å². The molecule has 1 heterocycles. The van der Waals surface area contributed by atoms with Crippen LogP contribution in [0.5, 0.6) is 0 Å². The Bertz CT molecular complexity index is 1140. The smallest absolute Gasteiger partial charge is 0.312 e. The number of nitrogens with zero attached hydrogens (tertiary/aromatic N) is 1. The van der Waals surface area contributed by atoms with Gasteiger partial charge in [-0.15, -0.1) is 0 Å². The predicted molar refractivity (Wildman–Crippen MR) is 187 cm³/mol. The molecule has 0 radical (unpaired) electrons. The first-order valence-corrected chi connectivity index (χ1v) is 17.3. The molecule has 6 N–H and O–H groups in total. The van der Waals surface area contributed by atoms with Crippen LogP contribution in [0.15, 0.2) is 12.2 Å². The molecule has 0 aliphatic carbocycles. The highest BCUT2D eigenvalue weighted by Gasteiger charge is 2.29. The van der Waals surface area contributed by atoms with Crippen molar-refractivity contribution < 1.29 is 62.0 Å². The molecule has 20 heteroatoms. The first kappa shape index (κ1) is 46.1. The molecule has 0 bridgehead atoms. The summed E-state index contributed by atoms with van der Waals surface area (Å²) in [4.78, 5) is 84.4. The Kier molecular flexibility index (Phi) is 25.4. The highest BCUT2D eigenvalue weighted by molar-refractivity contribution is 6.58. The summed E-state index contributed by atoms with van der Waals surface area (Å²) in [6.45, 7) is 7.59. The zero-order valence-electron chi connectivity index (χ0n) is 30.4. The minimum Gasteiger partial charge on any atom is -0.379 e. The molecule has 0 fully saturated rings. The van der Waals surface area contributed by atoms with Crippen LogP contribution in [-0.2, 0) is 57.2 Å². The van der Waals surface area contributed by atoms with Crippen molar-refractivity contribution >= 4 is 49.1 Å². The maximum absolute atomic E-state index is 13.1. The first-order valence-electron chi connectivity index (χ1n) is 17.3. The lowest BCUT2D eigenvalue weighted by molar-refractivity contribution is -0.137. The molecular weight excluding hydrogens is 687 g/mol. The molecule has 19 nitrogen and oxygen atoms in total. The maximum atomic E-state index is 13.1. The number of imide groups is 1. The lowest BCUT2D eigenvalue weighted by Gasteiger charge is -2.25. The summed E-state index contributed by atoms with van der Waals surface area (Å²) in [5.74, 6) is -2.49. The fourth-order valence-electron chi connectivity index (χ4n) is 4.34. The third kappa shape index (κ3) is 22.8.